The first-order valence-corrected chi connectivity index (χ1v) is 6.97. The van der Waals surface area contributed by atoms with Crippen molar-refractivity contribution in [3.63, 3.8) is 0 Å². The second kappa shape index (κ2) is 4.15. The van der Waals surface area contributed by atoms with Gasteiger partial charge in [0.25, 0.3) is 0 Å². The fourth-order valence-electron chi connectivity index (χ4n) is 2.46. The Morgan fingerprint density at radius 3 is 2.88 bits per heavy atom. The first kappa shape index (κ1) is 10.8. The van der Waals surface area contributed by atoms with Gasteiger partial charge in [-0.3, -0.25) is 0 Å². The molecule has 2 N–H and O–H groups in total. The quantitative estimate of drug-likeness (QED) is 0.879. The maximum absolute atomic E-state index is 6.05. The molecule has 0 unspecified atom stereocenters. The Kier molecular flexibility index (Phi) is 2.63. The van der Waals surface area contributed by atoms with Gasteiger partial charge >= 0.3 is 0 Å². The second-order valence-electron chi connectivity index (χ2n) is 4.51. The van der Waals surface area contributed by atoms with E-state index in [2.05, 4.69) is 30.1 Å². The number of benzene rings is 1. The van der Waals surface area contributed by atoms with Gasteiger partial charge in [0.15, 0.2) is 0 Å². The van der Waals surface area contributed by atoms with Crippen LogP contribution in [0.3, 0.4) is 0 Å². The first-order chi connectivity index (χ1) is 8.28. The summed E-state index contributed by atoms with van der Waals surface area (Å²) < 4.78 is 0. The largest absolute Gasteiger partial charge is 0.389 e. The van der Waals surface area contributed by atoms with Gasteiger partial charge < -0.3 is 5.73 Å². The Morgan fingerprint density at radius 1 is 1.29 bits per heavy atom. The summed E-state index contributed by atoms with van der Waals surface area (Å²) in [6.45, 7) is 2.12. The number of anilines is 1. The molecule has 0 radical (unpaired) electrons. The average Bonchev–Trinajstić information content (AvgIpc) is 2.93. The standard InChI is InChI=1S/C14H16N2S/c1-2-12-16-13(14(15)17-12)11-7-6-9-4-3-5-10(9)8-11/h6-8H,2-5,15H2,1H3. The van der Waals surface area contributed by atoms with Gasteiger partial charge in [-0.15, -0.1) is 11.3 Å². The number of hydrogen-bond acceptors (Lipinski definition) is 3. The Morgan fingerprint density at radius 2 is 2.12 bits per heavy atom. The monoisotopic (exact) mass is 244 g/mol. The molecule has 0 aliphatic heterocycles. The molecule has 2 aromatic rings. The van der Waals surface area contributed by atoms with Crippen LogP contribution in [0.15, 0.2) is 18.2 Å². The zero-order chi connectivity index (χ0) is 11.8. The number of rotatable bonds is 2. The van der Waals surface area contributed by atoms with E-state index in [0.717, 1.165) is 22.1 Å². The first-order valence-electron chi connectivity index (χ1n) is 6.15. The van der Waals surface area contributed by atoms with Crippen LogP contribution in [0.1, 0.15) is 29.5 Å². The normalized spacial score (nSPS) is 13.9. The van der Waals surface area contributed by atoms with Gasteiger partial charge in [0.05, 0.1) is 5.01 Å². The molecule has 1 aromatic heterocycles. The van der Waals surface area contributed by atoms with Crippen LogP contribution in [-0.4, -0.2) is 4.98 Å². The molecule has 1 aromatic carbocycles. The molecule has 17 heavy (non-hydrogen) atoms. The minimum absolute atomic E-state index is 0.847. The van der Waals surface area contributed by atoms with Gasteiger partial charge in [-0.2, -0.15) is 0 Å². The summed E-state index contributed by atoms with van der Waals surface area (Å²) in [5, 5.41) is 1.97. The molecule has 3 rings (SSSR count). The van der Waals surface area contributed by atoms with Gasteiger partial charge in [-0.1, -0.05) is 19.1 Å². The van der Waals surface area contributed by atoms with E-state index in [9.17, 15) is 0 Å². The topological polar surface area (TPSA) is 38.9 Å². The number of hydrogen-bond donors (Lipinski definition) is 1. The zero-order valence-electron chi connectivity index (χ0n) is 9.99. The fourth-order valence-corrected chi connectivity index (χ4v) is 3.25. The Labute approximate surface area is 106 Å². The van der Waals surface area contributed by atoms with E-state index in [1.807, 2.05) is 0 Å². The van der Waals surface area contributed by atoms with Crippen LogP contribution in [0.25, 0.3) is 11.3 Å². The van der Waals surface area contributed by atoms with Crippen molar-refractivity contribution < 1.29 is 0 Å². The highest BCUT2D eigenvalue weighted by Gasteiger charge is 2.14. The van der Waals surface area contributed by atoms with Crippen molar-refractivity contribution in [1.82, 2.24) is 4.98 Å². The predicted molar refractivity (Wildman–Crippen MR) is 73.4 cm³/mol. The molecule has 3 heteroatoms. The van der Waals surface area contributed by atoms with Crippen molar-refractivity contribution in [3.05, 3.63) is 34.3 Å². The lowest BCUT2D eigenvalue weighted by molar-refractivity contribution is 0.912. The third-order valence-electron chi connectivity index (χ3n) is 3.37. The highest BCUT2D eigenvalue weighted by Crippen LogP contribution is 2.33. The van der Waals surface area contributed by atoms with Crippen molar-refractivity contribution in [2.45, 2.75) is 32.6 Å². The highest BCUT2D eigenvalue weighted by atomic mass is 32.1. The summed E-state index contributed by atoms with van der Waals surface area (Å²) in [5.74, 6) is 0. The number of fused-ring (bicyclic) bond motifs is 1. The van der Waals surface area contributed by atoms with E-state index in [1.54, 1.807) is 11.3 Å². The molecule has 0 bridgehead atoms. The van der Waals surface area contributed by atoms with Gasteiger partial charge in [0.2, 0.25) is 0 Å². The summed E-state index contributed by atoms with van der Waals surface area (Å²) in [6.07, 6.45) is 4.67. The number of aromatic nitrogens is 1. The zero-order valence-corrected chi connectivity index (χ0v) is 10.8. The molecule has 0 saturated heterocycles. The number of nitrogens with zero attached hydrogens (tertiary/aromatic N) is 1. The number of aryl methyl sites for hydroxylation is 3. The van der Waals surface area contributed by atoms with Gasteiger partial charge in [-0.25, -0.2) is 4.98 Å². The minimum atomic E-state index is 0.847. The fraction of sp³-hybridized carbons (Fsp3) is 0.357. The molecule has 0 fully saturated rings. The minimum Gasteiger partial charge on any atom is -0.389 e. The lowest BCUT2D eigenvalue weighted by Gasteiger charge is -2.03. The molecule has 0 saturated carbocycles. The van der Waals surface area contributed by atoms with Crippen LogP contribution in [0.5, 0.6) is 0 Å². The van der Waals surface area contributed by atoms with Gasteiger partial charge in [0, 0.05) is 5.56 Å². The molecule has 2 nitrogen and oxygen atoms in total. The molecule has 88 valence electrons. The van der Waals surface area contributed by atoms with E-state index in [4.69, 9.17) is 5.73 Å². The van der Waals surface area contributed by atoms with E-state index in [-0.39, 0.29) is 0 Å². The summed E-state index contributed by atoms with van der Waals surface area (Å²) >= 11 is 1.61. The second-order valence-corrected chi connectivity index (χ2v) is 5.63. The van der Waals surface area contributed by atoms with Crippen LogP contribution >= 0.6 is 11.3 Å². The SMILES string of the molecule is CCc1nc(-c2ccc3c(c2)CCC3)c(N)s1. The summed E-state index contributed by atoms with van der Waals surface area (Å²) in [6, 6.07) is 6.67. The third-order valence-corrected chi connectivity index (χ3v) is 4.40. The van der Waals surface area contributed by atoms with Crippen LogP contribution in [0.2, 0.25) is 0 Å². The molecule has 0 spiro atoms. The third kappa shape index (κ3) is 1.84. The summed E-state index contributed by atoms with van der Waals surface area (Å²) in [5.41, 5.74) is 11.2. The van der Waals surface area contributed by atoms with Gasteiger partial charge in [0.1, 0.15) is 10.7 Å². The Balaban J connectivity index is 2.06. The number of nitrogen functional groups attached to an aromatic ring is 1. The van der Waals surface area contributed by atoms with Crippen molar-refractivity contribution >= 4 is 16.3 Å². The van der Waals surface area contributed by atoms with Crippen LogP contribution in [-0.2, 0) is 19.3 Å². The molecular weight excluding hydrogens is 228 g/mol. The van der Waals surface area contributed by atoms with Crippen molar-refractivity contribution in [3.8, 4) is 11.3 Å². The maximum Gasteiger partial charge on any atom is 0.114 e. The predicted octanol–water partition coefficient (Wildman–Crippen LogP) is 3.44. The van der Waals surface area contributed by atoms with Crippen molar-refractivity contribution in [2.75, 3.05) is 5.73 Å². The summed E-state index contributed by atoms with van der Waals surface area (Å²) in [4.78, 5) is 4.62. The lowest BCUT2D eigenvalue weighted by Crippen LogP contribution is -1.89. The molecule has 0 amide bonds. The molecular formula is C14H16N2S. The molecule has 1 heterocycles. The number of nitrogens with two attached hydrogens (primary N) is 1. The molecule has 1 aliphatic carbocycles. The number of thiazole rings is 1. The Hall–Kier alpha value is -1.35. The van der Waals surface area contributed by atoms with Gasteiger partial charge in [-0.05, 0) is 42.9 Å². The molecule has 1 aliphatic rings. The van der Waals surface area contributed by atoms with Crippen molar-refractivity contribution in [2.24, 2.45) is 0 Å². The van der Waals surface area contributed by atoms with E-state index in [1.165, 1.54) is 36.0 Å². The van der Waals surface area contributed by atoms with Crippen LogP contribution < -0.4 is 5.73 Å². The maximum atomic E-state index is 6.05. The van der Waals surface area contributed by atoms with E-state index in [0.29, 0.717) is 0 Å². The van der Waals surface area contributed by atoms with Crippen LogP contribution in [0.4, 0.5) is 5.00 Å². The molecule has 0 atom stereocenters. The summed E-state index contributed by atoms with van der Waals surface area (Å²) in [7, 11) is 0. The van der Waals surface area contributed by atoms with Crippen LogP contribution in [0, 0.1) is 0 Å². The smallest absolute Gasteiger partial charge is 0.114 e. The average molecular weight is 244 g/mol. The lowest BCUT2D eigenvalue weighted by atomic mass is 10.0. The Bertz CT molecular complexity index is 557. The van der Waals surface area contributed by atoms with Crippen molar-refractivity contribution in [1.29, 1.82) is 0 Å². The highest BCUT2D eigenvalue weighted by molar-refractivity contribution is 7.16. The van der Waals surface area contributed by atoms with E-state index < -0.39 is 0 Å². The van der Waals surface area contributed by atoms with E-state index >= 15 is 0 Å².